The summed E-state index contributed by atoms with van der Waals surface area (Å²) in [6, 6.07) is 6.72. The van der Waals surface area contributed by atoms with Gasteiger partial charge < -0.3 is 14.8 Å². The molecule has 100 valence electrons. The molecule has 1 unspecified atom stereocenters. The third-order valence-corrected chi connectivity index (χ3v) is 3.30. The van der Waals surface area contributed by atoms with Gasteiger partial charge in [0.1, 0.15) is 5.82 Å². The molecule has 1 aliphatic rings. The molecule has 0 aliphatic carbocycles. The van der Waals surface area contributed by atoms with E-state index in [1.165, 1.54) is 6.07 Å². The second kappa shape index (κ2) is 6.83. The summed E-state index contributed by atoms with van der Waals surface area (Å²) in [4.78, 5) is 0. The lowest BCUT2D eigenvalue weighted by atomic mass is 10.1. The molecule has 0 saturated carbocycles. The van der Waals surface area contributed by atoms with Gasteiger partial charge in [0.25, 0.3) is 0 Å². The lowest BCUT2D eigenvalue weighted by molar-refractivity contribution is -0.0380. The van der Waals surface area contributed by atoms with E-state index in [0.29, 0.717) is 12.2 Å². The number of halogens is 1. The molecule has 1 aromatic rings. The van der Waals surface area contributed by atoms with Crippen LogP contribution in [0.15, 0.2) is 24.3 Å². The standard InChI is InChI=1S/C14H20FNO2/c1-16-14(12-4-2-3-5-13(12)15)10-18-11-6-8-17-9-7-11/h2-5,11,14,16H,6-10H2,1H3. The number of nitrogens with one attached hydrogen (secondary N) is 1. The molecule has 18 heavy (non-hydrogen) atoms. The van der Waals surface area contributed by atoms with Gasteiger partial charge in [0.15, 0.2) is 0 Å². The van der Waals surface area contributed by atoms with E-state index >= 15 is 0 Å². The molecule has 4 heteroatoms. The van der Waals surface area contributed by atoms with Gasteiger partial charge in [-0.2, -0.15) is 0 Å². The number of rotatable bonds is 5. The Kier molecular flexibility index (Phi) is 5.11. The van der Waals surface area contributed by atoms with E-state index in [2.05, 4.69) is 5.32 Å². The van der Waals surface area contributed by atoms with Gasteiger partial charge >= 0.3 is 0 Å². The molecule has 1 heterocycles. The van der Waals surface area contributed by atoms with Crippen LogP contribution in [0.3, 0.4) is 0 Å². The number of ether oxygens (including phenoxy) is 2. The highest BCUT2D eigenvalue weighted by Gasteiger charge is 2.18. The van der Waals surface area contributed by atoms with Crippen molar-refractivity contribution < 1.29 is 13.9 Å². The number of benzene rings is 1. The molecule has 0 bridgehead atoms. The molecule has 1 aromatic carbocycles. The Labute approximate surface area is 107 Å². The number of hydrogen-bond donors (Lipinski definition) is 1. The van der Waals surface area contributed by atoms with Crippen molar-refractivity contribution in [2.45, 2.75) is 25.0 Å². The van der Waals surface area contributed by atoms with Gasteiger partial charge in [0.05, 0.1) is 18.8 Å². The van der Waals surface area contributed by atoms with Gasteiger partial charge in [-0.1, -0.05) is 18.2 Å². The first-order chi connectivity index (χ1) is 8.81. The van der Waals surface area contributed by atoms with Crippen molar-refractivity contribution in [1.82, 2.24) is 5.32 Å². The van der Waals surface area contributed by atoms with Crippen LogP contribution in [0.1, 0.15) is 24.4 Å². The van der Waals surface area contributed by atoms with Crippen molar-refractivity contribution in [2.75, 3.05) is 26.9 Å². The monoisotopic (exact) mass is 253 g/mol. The van der Waals surface area contributed by atoms with E-state index in [0.717, 1.165) is 26.1 Å². The average Bonchev–Trinajstić information content (AvgIpc) is 2.42. The molecule has 0 spiro atoms. The molecule has 0 aromatic heterocycles. The van der Waals surface area contributed by atoms with Crippen molar-refractivity contribution in [1.29, 1.82) is 0 Å². The zero-order chi connectivity index (χ0) is 12.8. The molecule has 3 nitrogen and oxygen atoms in total. The highest BCUT2D eigenvalue weighted by atomic mass is 19.1. The third-order valence-electron chi connectivity index (χ3n) is 3.30. The van der Waals surface area contributed by atoms with Crippen molar-refractivity contribution in [3.8, 4) is 0 Å². The van der Waals surface area contributed by atoms with Gasteiger partial charge in [-0.15, -0.1) is 0 Å². The normalized spacial score (nSPS) is 18.8. The Morgan fingerprint density at radius 2 is 2.11 bits per heavy atom. The molecule has 1 saturated heterocycles. The van der Waals surface area contributed by atoms with Crippen LogP contribution in [-0.4, -0.2) is 33.0 Å². The van der Waals surface area contributed by atoms with Crippen LogP contribution < -0.4 is 5.32 Å². The van der Waals surface area contributed by atoms with E-state index in [1.807, 2.05) is 13.1 Å². The number of likely N-dealkylation sites (N-methyl/N-ethyl adjacent to an activating group) is 1. The van der Waals surface area contributed by atoms with Crippen molar-refractivity contribution in [2.24, 2.45) is 0 Å². The summed E-state index contributed by atoms with van der Waals surface area (Å²) in [5, 5.41) is 3.10. The maximum Gasteiger partial charge on any atom is 0.128 e. The van der Waals surface area contributed by atoms with Crippen LogP contribution in [0.4, 0.5) is 4.39 Å². The van der Waals surface area contributed by atoms with Crippen LogP contribution in [-0.2, 0) is 9.47 Å². The Bertz CT molecular complexity index is 367. The largest absolute Gasteiger partial charge is 0.381 e. The molecule has 1 atom stereocenters. The minimum Gasteiger partial charge on any atom is -0.381 e. The fraction of sp³-hybridized carbons (Fsp3) is 0.571. The Morgan fingerprint density at radius 3 is 2.78 bits per heavy atom. The quantitative estimate of drug-likeness (QED) is 0.873. The van der Waals surface area contributed by atoms with Gasteiger partial charge in [0.2, 0.25) is 0 Å². The second-order valence-corrected chi connectivity index (χ2v) is 4.51. The zero-order valence-corrected chi connectivity index (χ0v) is 10.7. The lowest BCUT2D eigenvalue weighted by Gasteiger charge is -2.25. The minimum atomic E-state index is -0.188. The van der Waals surface area contributed by atoms with Gasteiger partial charge in [0, 0.05) is 18.8 Å². The third kappa shape index (κ3) is 3.51. The topological polar surface area (TPSA) is 30.5 Å². The Balaban J connectivity index is 1.91. The summed E-state index contributed by atoms with van der Waals surface area (Å²) in [5.41, 5.74) is 0.659. The SMILES string of the molecule is CNC(COC1CCOCC1)c1ccccc1F. The summed E-state index contributed by atoms with van der Waals surface area (Å²) < 4.78 is 24.8. The second-order valence-electron chi connectivity index (χ2n) is 4.51. The first-order valence-electron chi connectivity index (χ1n) is 6.42. The van der Waals surface area contributed by atoms with Crippen LogP contribution in [0.5, 0.6) is 0 Å². The molecule has 2 rings (SSSR count). The Morgan fingerprint density at radius 1 is 1.39 bits per heavy atom. The van der Waals surface area contributed by atoms with E-state index in [-0.39, 0.29) is 18.0 Å². The maximum atomic E-state index is 13.7. The zero-order valence-electron chi connectivity index (χ0n) is 10.7. The minimum absolute atomic E-state index is 0.103. The highest BCUT2D eigenvalue weighted by Crippen LogP contribution is 2.19. The highest BCUT2D eigenvalue weighted by molar-refractivity contribution is 5.21. The van der Waals surface area contributed by atoms with Crippen LogP contribution in [0.2, 0.25) is 0 Å². The predicted molar refractivity (Wildman–Crippen MR) is 68.0 cm³/mol. The van der Waals surface area contributed by atoms with Crippen LogP contribution >= 0.6 is 0 Å². The van der Waals surface area contributed by atoms with Crippen LogP contribution in [0, 0.1) is 5.82 Å². The summed E-state index contributed by atoms with van der Waals surface area (Å²) in [7, 11) is 1.82. The summed E-state index contributed by atoms with van der Waals surface area (Å²) in [6.07, 6.45) is 2.09. The van der Waals surface area contributed by atoms with E-state index in [1.54, 1.807) is 12.1 Å². The average molecular weight is 253 g/mol. The van der Waals surface area contributed by atoms with Crippen molar-refractivity contribution >= 4 is 0 Å². The molecule has 1 N–H and O–H groups in total. The van der Waals surface area contributed by atoms with E-state index in [4.69, 9.17) is 9.47 Å². The summed E-state index contributed by atoms with van der Waals surface area (Å²) in [6.45, 7) is 2.01. The van der Waals surface area contributed by atoms with Gasteiger partial charge in [-0.3, -0.25) is 0 Å². The molecule has 1 aliphatic heterocycles. The first kappa shape index (κ1) is 13.5. The molecule has 1 fully saturated rings. The predicted octanol–water partition coefficient (Wildman–Crippen LogP) is 2.28. The molecule has 0 radical (unpaired) electrons. The molecule has 0 amide bonds. The van der Waals surface area contributed by atoms with Crippen LogP contribution in [0.25, 0.3) is 0 Å². The smallest absolute Gasteiger partial charge is 0.128 e. The molecular formula is C14H20FNO2. The van der Waals surface area contributed by atoms with Gasteiger partial charge in [-0.05, 0) is 26.0 Å². The van der Waals surface area contributed by atoms with Gasteiger partial charge in [-0.25, -0.2) is 4.39 Å². The lowest BCUT2D eigenvalue weighted by Crippen LogP contribution is -2.29. The fourth-order valence-electron chi connectivity index (χ4n) is 2.16. The maximum absolute atomic E-state index is 13.7. The van der Waals surface area contributed by atoms with Crippen molar-refractivity contribution in [3.05, 3.63) is 35.6 Å². The van der Waals surface area contributed by atoms with E-state index < -0.39 is 0 Å². The fourth-order valence-corrected chi connectivity index (χ4v) is 2.16. The molecular weight excluding hydrogens is 233 g/mol. The summed E-state index contributed by atoms with van der Waals surface area (Å²) >= 11 is 0. The Hall–Kier alpha value is -0.970. The van der Waals surface area contributed by atoms with E-state index in [9.17, 15) is 4.39 Å². The number of hydrogen-bond acceptors (Lipinski definition) is 3. The van der Waals surface area contributed by atoms with Crippen molar-refractivity contribution in [3.63, 3.8) is 0 Å². The first-order valence-corrected chi connectivity index (χ1v) is 6.42. The summed E-state index contributed by atoms with van der Waals surface area (Å²) in [5.74, 6) is -0.188.